The van der Waals surface area contributed by atoms with Crippen LogP contribution in [-0.2, 0) is 11.3 Å². The van der Waals surface area contributed by atoms with Gasteiger partial charge in [0.25, 0.3) is 0 Å². The van der Waals surface area contributed by atoms with Crippen LogP contribution in [0.25, 0.3) is 0 Å². The molecule has 0 saturated carbocycles. The number of nitrogens with one attached hydrogen (secondary N) is 1. The average Bonchev–Trinajstić information content (AvgIpc) is 2.75. The summed E-state index contributed by atoms with van der Waals surface area (Å²) in [6, 6.07) is 3.15. The van der Waals surface area contributed by atoms with Crippen LogP contribution < -0.4 is 5.32 Å². The summed E-state index contributed by atoms with van der Waals surface area (Å²) in [5.41, 5.74) is 0.193. The minimum Gasteiger partial charge on any atom is -0.477 e. The molecule has 1 aliphatic rings. The van der Waals surface area contributed by atoms with Crippen molar-refractivity contribution in [3.63, 3.8) is 0 Å². The predicted octanol–water partition coefficient (Wildman–Crippen LogP) is 0.295. The van der Waals surface area contributed by atoms with Crippen molar-refractivity contribution < 1.29 is 19.4 Å². The van der Waals surface area contributed by atoms with Gasteiger partial charge in [-0.2, -0.15) is 0 Å². The first kappa shape index (κ1) is 9.57. The lowest BCUT2D eigenvalue weighted by molar-refractivity contribution is 0.0681. The van der Waals surface area contributed by atoms with E-state index < -0.39 is 12.1 Å². The normalized spacial score (nSPS) is 19.7. The molecule has 0 aliphatic carbocycles. The number of nitrogens with zero attached hydrogens (tertiary/aromatic N) is 1. The van der Waals surface area contributed by atoms with Crippen LogP contribution in [0.3, 0.4) is 0 Å². The van der Waals surface area contributed by atoms with Crippen molar-refractivity contribution in [2.24, 2.45) is 0 Å². The van der Waals surface area contributed by atoms with Gasteiger partial charge in [-0.05, 0) is 12.1 Å². The molecule has 2 rings (SSSR count). The van der Waals surface area contributed by atoms with E-state index in [1.807, 2.05) is 0 Å². The number of cyclic esters (lactones) is 1. The minimum atomic E-state index is -0.989. The van der Waals surface area contributed by atoms with Gasteiger partial charge in [0.2, 0.25) is 0 Å². The standard InChI is InChI=1S/C9H10N2O4/c12-8(13)7-2-1-3-11(7)5-6-4-10-9(14)15-6/h1-3,6H,4-5H2,(H,10,14)(H,12,13). The summed E-state index contributed by atoms with van der Waals surface area (Å²) in [5.74, 6) is -0.989. The molecular weight excluding hydrogens is 200 g/mol. The first-order chi connectivity index (χ1) is 7.16. The average molecular weight is 210 g/mol. The van der Waals surface area contributed by atoms with Crippen LogP contribution in [0.1, 0.15) is 10.5 Å². The molecule has 0 radical (unpaired) electrons. The van der Waals surface area contributed by atoms with Gasteiger partial charge in [0.1, 0.15) is 11.8 Å². The summed E-state index contributed by atoms with van der Waals surface area (Å²) < 4.78 is 6.45. The zero-order valence-electron chi connectivity index (χ0n) is 7.84. The molecule has 1 unspecified atom stereocenters. The maximum Gasteiger partial charge on any atom is 0.407 e. The second-order valence-corrected chi connectivity index (χ2v) is 3.26. The van der Waals surface area contributed by atoms with Crippen molar-refractivity contribution >= 4 is 12.1 Å². The fraction of sp³-hybridized carbons (Fsp3) is 0.333. The Labute approximate surface area is 85.5 Å². The Morgan fingerprint density at radius 3 is 3.13 bits per heavy atom. The van der Waals surface area contributed by atoms with E-state index in [2.05, 4.69) is 5.32 Å². The van der Waals surface area contributed by atoms with E-state index in [1.165, 1.54) is 6.07 Å². The summed E-state index contributed by atoms with van der Waals surface area (Å²) in [6.07, 6.45) is 0.891. The first-order valence-electron chi connectivity index (χ1n) is 4.50. The quantitative estimate of drug-likeness (QED) is 0.751. The molecule has 1 fully saturated rings. The van der Waals surface area contributed by atoms with Gasteiger partial charge in [0, 0.05) is 6.20 Å². The van der Waals surface area contributed by atoms with Gasteiger partial charge in [-0.1, -0.05) is 0 Å². The van der Waals surface area contributed by atoms with E-state index in [0.29, 0.717) is 13.1 Å². The van der Waals surface area contributed by atoms with Crippen LogP contribution in [0.2, 0.25) is 0 Å². The molecule has 2 N–H and O–H groups in total. The molecule has 1 atom stereocenters. The number of carbonyl (C=O) groups is 2. The molecule has 1 aliphatic heterocycles. The van der Waals surface area contributed by atoms with E-state index in [-0.39, 0.29) is 11.8 Å². The number of carbonyl (C=O) groups excluding carboxylic acids is 1. The Hall–Kier alpha value is -1.98. The highest BCUT2D eigenvalue weighted by atomic mass is 16.6. The molecule has 80 valence electrons. The van der Waals surface area contributed by atoms with E-state index in [0.717, 1.165) is 0 Å². The first-order valence-corrected chi connectivity index (χ1v) is 4.50. The molecule has 6 nitrogen and oxygen atoms in total. The Morgan fingerprint density at radius 1 is 1.73 bits per heavy atom. The summed E-state index contributed by atoms with van der Waals surface area (Å²) in [4.78, 5) is 21.5. The zero-order valence-corrected chi connectivity index (χ0v) is 7.84. The van der Waals surface area contributed by atoms with Crippen LogP contribution in [0.4, 0.5) is 4.79 Å². The van der Waals surface area contributed by atoms with Crippen LogP contribution in [0.5, 0.6) is 0 Å². The Balaban J connectivity index is 2.07. The molecule has 6 heteroatoms. The number of alkyl carbamates (subject to hydrolysis) is 1. The maximum atomic E-state index is 10.8. The van der Waals surface area contributed by atoms with Gasteiger partial charge in [-0.3, -0.25) is 0 Å². The lowest BCUT2D eigenvalue weighted by Gasteiger charge is -2.10. The van der Waals surface area contributed by atoms with Crippen molar-refractivity contribution in [2.45, 2.75) is 12.6 Å². The van der Waals surface area contributed by atoms with E-state index in [4.69, 9.17) is 9.84 Å². The number of amides is 1. The van der Waals surface area contributed by atoms with Crippen LogP contribution >= 0.6 is 0 Å². The summed E-state index contributed by atoms with van der Waals surface area (Å²) in [5, 5.41) is 11.3. The number of hydrogen-bond acceptors (Lipinski definition) is 3. The number of aromatic carboxylic acids is 1. The van der Waals surface area contributed by atoms with Crippen molar-refractivity contribution in [3.05, 3.63) is 24.0 Å². The SMILES string of the molecule is O=C1NCC(Cn2cccc2C(=O)O)O1. The number of hydrogen-bond donors (Lipinski definition) is 2. The highest BCUT2D eigenvalue weighted by molar-refractivity contribution is 5.85. The predicted molar refractivity (Wildman–Crippen MR) is 49.7 cm³/mol. The van der Waals surface area contributed by atoms with Gasteiger partial charge >= 0.3 is 12.1 Å². The van der Waals surface area contributed by atoms with Gasteiger partial charge in [-0.25, -0.2) is 9.59 Å². The molecule has 0 bridgehead atoms. The molecule has 0 spiro atoms. The van der Waals surface area contributed by atoms with Gasteiger partial charge in [0.05, 0.1) is 13.1 Å². The van der Waals surface area contributed by atoms with Gasteiger partial charge in [-0.15, -0.1) is 0 Å². The van der Waals surface area contributed by atoms with E-state index >= 15 is 0 Å². The van der Waals surface area contributed by atoms with E-state index in [1.54, 1.807) is 16.8 Å². The lowest BCUT2D eigenvalue weighted by atomic mass is 10.3. The Kier molecular flexibility index (Phi) is 2.32. The molecule has 0 aromatic carbocycles. The summed E-state index contributed by atoms with van der Waals surface area (Å²) >= 11 is 0. The number of carboxylic acids is 1. The molecule has 1 saturated heterocycles. The highest BCUT2D eigenvalue weighted by Crippen LogP contribution is 2.08. The number of rotatable bonds is 3. The molecule has 1 aromatic rings. The topological polar surface area (TPSA) is 80.6 Å². The number of ether oxygens (including phenoxy) is 1. The van der Waals surface area contributed by atoms with Crippen molar-refractivity contribution in [1.29, 1.82) is 0 Å². The summed E-state index contributed by atoms with van der Waals surface area (Å²) in [6.45, 7) is 0.767. The van der Waals surface area contributed by atoms with Crippen molar-refractivity contribution in [1.82, 2.24) is 9.88 Å². The summed E-state index contributed by atoms with van der Waals surface area (Å²) in [7, 11) is 0. The molecule has 1 aromatic heterocycles. The fourth-order valence-corrected chi connectivity index (χ4v) is 1.52. The second kappa shape index (κ2) is 3.64. The molecular formula is C9H10N2O4. The lowest BCUT2D eigenvalue weighted by Crippen LogP contribution is -2.22. The van der Waals surface area contributed by atoms with Crippen molar-refractivity contribution in [3.8, 4) is 0 Å². The third-order valence-electron chi connectivity index (χ3n) is 2.20. The maximum absolute atomic E-state index is 10.8. The highest BCUT2D eigenvalue weighted by Gasteiger charge is 2.23. The smallest absolute Gasteiger partial charge is 0.407 e. The number of carboxylic acid groups (broad SMARTS) is 1. The van der Waals surface area contributed by atoms with Crippen molar-refractivity contribution in [2.75, 3.05) is 6.54 Å². The monoisotopic (exact) mass is 210 g/mol. The van der Waals surface area contributed by atoms with Crippen LogP contribution in [0, 0.1) is 0 Å². The second-order valence-electron chi connectivity index (χ2n) is 3.26. The molecule has 1 amide bonds. The molecule has 2 heterocycles. The Morgan fingerprint density at radius 2 is 2.53 bits per heavy atom. The Bertz CT molecular complexity index is 399. The zero-order chi connectivity index (χ0) is 10.8. The van der Waals surface area contributed by atoms with Crippen LogP contribution in [-0.4, -0.2) is 34.4 Å². The minimum absolute atomic E-state index is 0.193. The van der Waals surface area contributed by atoms with Gasteiger partial charge < -0.3 is 19.7 Å². The molecule has 15 heavy (non-hydrogen) atoms. The largest absolute Gasteiger partial charge is 0.477 e. The third-order valence-corrected chi connectivity index (χ3v) is 2.20. The van der Waals surface area contributed by atoms with E-state index in [9.17, 15) is 9.59 Å². The third kappa shape index (κ3) is 1.93. The number of aromatic nitrogens is 1. The van der Waals surface area contributed by atoms with Gasteiger partial charge in [0.15, 0.2) is 0 Å². The fourth-order valence-electron chi connectivity index (χ4n) is 1.52. The van der Waals surface area contributed by atoms with Crippen LogP contribution in [0.15, 0.2) is 18.3 Å².